The Morgan fingerprint density at radius 3 is 2.25 bits per heavy atom. The minimum absolute atomic E-state index is 0. The summed E-state index contributed by atoms with van der Waals surface area (Å²) in [7, 11) is -3.76. The highest BCUT2D eigenvalue weighted by molar-refractivity contribution is 7.89. The number of nitrogens with one attached hydrogen (secondary N) is 1. The van der Waals surface area contributed by atoms with E-state index in [0.717, 1.165) is 12.3 Å². The molecule has 0 aliphatic carbocycles. The van der Waals surface area contributed by atoms with Crippen LogP contribution in [0.2, 0.25) is 0 Å². The molecular formula is C10H13ClF3N3O2S. The van der Waals surface area contributed by atoms with E-state index in [9.17, 15) is 21.6 Å². The van der Waals surface area contributed by atoms with Crippen LogP contribution in [0.15, 0.2) is 23.2 Å². The van der Waals surface area contributed by atoms with Crippen molar-refractivity contribution in [2.45, 2.75) is 11.1 Å². The largest absolute Gasteiger partial charge is 0.433 e. The Hall–Kier alpha value is -0.900. The van der Waals surface area contributed by atoms with Crippen molar-refractivity contribution in [3.05, 3.63) is 24.0 Å². The van der Waals surface area contributed by atoms with Gasteiger partial charge in [0.15, 0.2) is 0 Å². The summed E-state index contributed by atoms with van der Waals surface area (Å²) in [5.41, 5.74) is -1.10. The molecule has 1 aliphatic rings. The Morgan fingerprint density at radius 1 is 1.20 bits per heavy atom. The van der Waals surface area contributed by atoms with Gasteiger partial charge in [0.25, 0.3) is 0 Å². The number of halogens is 4. The molecule has 0 unspecified atom stereocenters. The first-order valence-corrected chi connectivity index (χ1v) is 7.00. The Bertz CT molecular complexity index is 542. The third kappa shape index (κ3) is 3.60. The highest BCUT2D eigenvalue weighted by Crippen LogP contribution is 2.28. The molecule has 2 heterocycles. The smallest absolute Gasteiger partial charge is 0.314 e. The molecule has 0 atom stereocenters. The maximum absolute atomic E-state index is 12.3. The first-order valence-electron chi connectivity index (χ1n) is 5.56. The number of aromatic nitrogens is 1. The average molecular weight is 332 g/mol. The van der Waals surface area contributed by atoms with Gasteiger partial charge in [0, 0.05) is 32.4 Å². The number of sulfonamides is 1. The van der Waals surface area contributed by atoms with E-state index < -0.39 is 21.9 Å². The summed E-state index contributed by atoms with van der Waals surface area (Å²) in [6, 6.07) is 1.61. The van der Waals surface area contributed by atoms with E-state index in [1.54, 1.807) is 0 Å². The Balaban J connectivity index is 0.00000200. The number of hydrogen-bond acceptors (Lipinski definition) is 4. The molecule has 10 heteroatoms. The molecule has 0 saturated carbocycles. The molecule has 20 heavy (non-hydrogen) atoms. The molecule has 0 amide bonds. The van der Waals surface area contributed by atoms with Crippen molar-refractivity contribution < 1.29 is 21.6 Å². The van der Waals surface area contributed by atoms with Crippen LogP contribution in [0, 0.1) is 0 Å². The van der Waals surface area contributed by atoms with Gasteiger partial charge in [0.05, 0.1) is 0 Å². The number of alkyl halides is 3. The summed E-state index contributed by atoms with van der Waals surface area (Å²) in [6.07, 6.45) is -3.82. The molecule has 2 rings (SSSR count). The second-order valence-electron chi connectivity index (χ2n) is 4.03. The Kier molecular flexibility index (Phi) is 5.36. The summed E-state index contributed by atoms with van der Waals surface area (Å²) < 4.78 is 62.5. The van der Waals surface area contributed by atoms with Gasteiger partial charge in [-0.3, -0.25) is 4.98 Å². The van der Waals surface area contributed by atoms with E-state index in [0.29, 0.717) is 32.2 Å². The van der Waals surface area contributed by atoms with Gasteiger partial charge in [-0.2, -0.15) is 17.5 Å². The number of nitrogens with zero attached hydrogens (tertiary/aromatic N) is 2. The molecule has 1 N–H and O–H groups in total. The van der Waals surface area contributed by atoms with Crippen LogP contribution in [0.5, 0.6) is 0 Å². The first kappa shape index (κ1) is 17.2. The van der Waals surface area contributed by atoms with Gasteiger partial charge < -0.3 is 5.32 Å². The highest BCUT2D eigenvalue weighted by Gasteiger charge is 2.33. The molecule has 1 aromatic heterocycles. The van der Waals surface area contributed by atoms with Crippen molar-refractivity contribution in [1.82, 2.24) is 14.6 Å². The van der Waals surface area contributed by atoms with E-state index in [1.807, 2.05) is 0 Å². The van der Waals surface area contributed by atoms with Gasteiger partial charge in [0.1, 0.15) is 10.6 Å². The molecular weight excluding hydrogens is 319 g/mol. The van der Waals surface area contributed by atoms with Gasteiger partial charge >= 0.3 is 6.18 Å². The van der Waals surface area contributed by atoms with Crippen LogP contribution in [0.4, 0.5) is 13.2 Å². The molecule has 114 valence electrons. The van der Waals surface area contributed by atoms with Crippen LogP contribution in [0.3, 0.4) is 0 Å². The number of pyridine rings is 1. The van der Waals surface area contributed by atoms with Crippen molar-refractivity contribution in [2.75, 3.05) is 26.2 Å². The Labute approximate surface area is 120 Å². The molecule has 0 aromatic carbocycles. The van der Waals surface area contributed by atoms with Crippen molar-refractivity contribution >= 4 is 22.4 Å². The van der Waals surface area contributed by atoms with Gasteiger partial charge in [-0.1, -0.05) is 0 Å². The second kappa shape index (κ2) is 6.25. The fourth-order valence-electron chi connectivity index (χ4n) is 1.73. The maximum atomic E-state index is 12.3. The fourth-order valence-corrected chi connectivity index (χ4v) is 3.12. The second-order valence-corrected chi connectivity index (χ2v) is 5.97. The fraction of sp³-hybridized carbons (Fsp3) is 0.500. The van der Waals surface area contributed by atoms with E-state index in [4.69, 9.17) is 0 Å². The topological polar surface area (TPSA) is 62.3 Å². The van der Waals surface area contributed by atoms with E-state index in [1.165, 1.54) is 4.31 Å². The van der Waals surface area contributed by atoms with E-state index in [-0.39, 0.29) is 17.3 Å². The van der Waals surface area contributed by atoms with Crippen molar-refractivity contribution in [3.63, 3.8) is 0 Å². The third-order valence-electron chi connectivity index (χ3n) is 2.74. The van der Waals surface area contributed by atoms with Crippen molar-refractivity contribution in [2.24, 2.45) is 0 Å². The average Bonchev–Trinajstić information content (AvgIpc) is 2.39. The molecule has 0 radical (unpaired) electrons. The number of piperazine rings is 1. The van der Waals surface area contributed by atoms with Gasteiger partial charge in [-0.15, -0.1) is 12.4 Å². The summed E-state index contributed by atoms with van der Waals surface area (Å²) in [4.78, 5) is 2.94. The monoisotopic (exact) mass is 331 g/mol. The van der Waals surface area contributed by atoms with E-state index in [2.05, 4.69) is 10.3 Å². The first-order chi connectivity index (χ1) is 8.82. The minimum atomic E-state index is -4.57. The zero-order valence-electron chi connectivity index (χ0n) is 10.2. The summed E-state index contributed by atoms with van der Waals surface area (Å²) in [5, 5.41) is 3.00. The summed E-state index contributed by atoms with van der Waals surface area (Å²) >= 11 is 0. The van der Waals surface area contributed by atoms with Crippen LogP contribution in [0.25, 0.3) is 0 Å². The molecule has 5 nitrogen and oxygen atoms in total. The molecule has 1 fully saturated rings. The summed E-state index contributed by atoms with van der Waals surface area (Å²) in [6.45, 7) is 1.63. The number of rotatable bonds is 2. The zero-order valence-corrected chi connectivity index (χ0v) is 11.9. The van der Waals surface area contributed by atoms with E-state index >= 15 is 0 Å². The molecule has 1 saturated heterocycles. The van der Waals surface area contributed by atoms with Crippen LogP contribution in [-0.2, 0) is 16.2 Å². The minimum Gasteiger partial charge on any atom is -0.314 e. The van der Waals surface area contributed by atoms with Gasteiger partial charge in [-0.05, 0) is 12.1 Å². The lowest BCUT2D eigenvalue weighted by atomic mass is 10.3. The van der Waals surface area contributed by atoms with Gasteiger partial charge in [0.2, 0.25) is 10.0 Å². The zero-order chi connectivity index (χ0) is 14.1. The number of hydrogen-bond donors (Lipinski definition) is 1. The quantitative estimate of drug-likeness (QED) is 0.882. The Morgan fingerprint density at radius 2 is 1.80 bits per heavy atom. The van der Waals surface area contributed by atoms with Crippen LogP contribution in [-0.4, -0.2) is 43.9 Å². The van der Waals surface area contributed by atoms with Crippen LogP contribution in [0.1, 0.15) is 5.69 Å². The lowest BCUT2D eigenvalue weighted by Crippen LogP contribution is -2.46. The SMILES string of the molecule is Cl.O=S(=O)(c1ccc(C(F)(F)F)nc1)N1CCNCC1. The lowest BCUT2D eigenvalue weighted by molar-refractivity contribution is -0.141. The van der Waals surface area contributed by atoms with Crippen LogP contribution >= 0.6 is 12.4 Å². The van der Waals surface area contributed by atoms with Crippen LogP contribution < -0.4 is 5.32 Å². The highest BCUT2D eigenvalue weighted by atomic mass is 35.5. The van der Waals surface area contributed by atoms with Gasteiger partial charge in [-0.25, -0.2) is 8.42 Å². The predicted octanol–water partition coefficient (Wildman–Crippen LogP) is 1.12. The molecule has 0 spiro atoms. The predicted molar refractivity (Wildman–Crippen MR) is 68.1 cm³/mol. The molecule has 1 aromatic rings. The lowest BCUT2D eigenvalue weighted by Gasteiger charge is -2.26. The third-order valence-corrected chi connectivity index (χ3v) is 4.62. The normalized spacial score (nSPS) is 17.6. The van der Waals surface area contributed by atoms with Crippen molar-refractivity contribution in [1.29, 1.82) is 0 Å². The maximum Gasteiger partial charge on any atom is 0.433 e. The standard InChI is InChI=1S/C10H12F3N3O2S.ClH/c11-10(12,13)9-2-1-8(7-15-9)19(17,18)16-5-3-14-4-6-16;/h1-2,7,14H,3-6H2;1H. The molecule has 1 aliphatic heterocycles. The van der Waals surface area contributed by atoms with Crippen molar-refractivity contribution in [3.8, 4) is 0 Å². The summed E-state index contributed by atoms with van der Waals surface area (Å²) in [5.74, 6) is 0. The molecule has 0 bridgehead atoms.